The van der Waals surface area contributed by atoms with Crippen molar-refractivity contribution in [2.45, 2.75) is 33.1 Å². The van der Waals surface area contributed by atoms with Gasteiger partial charge in [-0.15, -0.1) is 0 Å². The van der Waals surface area contributed by atoms with Gasteiger partial charge in [0.15, 0.2) is 0 Å². The van der Waals surface area contributed by atoms with Crippen LogP contribution in [0.25, 0.3) is 6.08 Å². The van der Waals surface area contributed by atoms with E-state index in [1.807, 2.05) is 24.3 Å². The molecular formula is C18H24O4. The second-order valence-corrected chi connectivity index (χ2v) is 5.09. The molecule has 0 atom stereocenters. The molecule has 0 amide bonds. The van der Waals surface area contributed by atoms with Gasteiger partial charge in [-0.3, -0.25) is 4.79 Å². The Balaban J connectivity index is 2.28. The van der Waals surface area contributed by atoms with Gasteiger partial charge < -0.3 is 9.47 Å². The number of ether oxygens (including phenoxy) is 2. The van der Waals surface area contributed by atoms with E-state index in [4.69, 9.17) is 9.47 Å². The number of hydrogen-bond acceptors (Lipinski definition) is 4. The lowest BCUT2D eigenvalue weighted by atomic mass is 10.1. The molecule has 0 heterocycles. The van der Waals surface area contributed by atoms with Crippen LogP contribution in [-0.2, 0) is 25.5 Å². The minimum absolute atomic E-state index is 0.132. The number of carbonyl (C=O) groups is 2. The Bertz CT molecular complexity index is 488. The van der Waals surface area contributed by atoms with E-state index in [9.17, 15) is 9.59 Å². The number of rotatable bonds is 10. The summed E-state index contributed by atoms with van der Waals surface area (Å²) in [4.78, 5) is 22.5. The van der Waals surface area contributed by atoms with E-state index in [1.165, 1.54) is 6.08 Å². The molecule has 1 aromatic carbocycles. The summed E-state index contributed by atoms with van der Waals surface area (Å²) in [6.07, 6.45) is 5.63. The molecule has 0 fully saturated rings. The summed E-state index contributed by atoms with van der Waals surface area (Å²) in [7, 11) is 0. The SMILES string of the molecule is CCCCOCCOC(=O)/C=C/c1ccc(CC(C)=O)cc1. The fourth-order valence-electron chi connectivity index (χ4n) is 1.80. The van der Waals surface area contributed by atoms with E-state index in [0.717, 1.165) is 24.0 Å². The van der Waals surface area contributed by atoms with Gasteiger partial charge in [0.1, 0.15) is 12.4 Å². The highest BCUT2D eigenvalue weighted by molar-refractivity contribution is 5.87. The fraction of sp³-hybridized carbons (Fsp3) is 0.444. The zero-order valence-electron chi connectivity index (χ0n) is 13.3. The van der Waals surface area contributed by atoms with E-state index in [1.54, 1.807) is 13.0 Å². The van der Waals surface area contributed by atoms with E-state index in [2.05, 4.69) is 6.92 Å². The van der Waals surface area contributed by atoms with Crippen LogP contribution in [0.15, 0.2) is 30.3 Å². The summed E-state index contributed by atoms with van der Waals surface area (Å²) in [6.45, 7) is 5.07. The van der Waals surface area contributed by atoms with Crippen LogP contribution in [0.2, 0.25) is 0 Å². The first-order valence-corrected chi connectivity index (χ1v) is 7.62. The lowest BCUT2D eigenvalue weighted by Gasteiger charge is -2.03. The Morgan fingerprint density at radius 3 is 2.45 bits per heavy atom. The van der Waals surface area contributed by atoms with Gasteiger partial charge >= 0.3 is 5.97 Å². The molecule has 0 aliphatic carbocycles. The van der Waals surface area contributed by atoms with Crippen LogP contribution < -0.4 is 0 Å². The average Bonchev–Trinajstić information content (AvgIpc) is 2.49. The highest BCUT2D eigenvalue weighted by Crippen LogP contribution is 2.07. The first-order chi connectivity index (χ1) is 10.6. The number of carbonyl (C=O) groups excluding carboxylic acids is 2. The van der Waals surface area contributed by atoms with E-state index in [0.29, 0.717) is 19.6 Å². The summed E-state index contributed by atoms with van der Waals surface area (Å²) >= 11 is 0. The molecule has 22 heavy (non-hydrogen) atoms. The van der Waals surface area contributed by atoms with Crippen LogP contribution in [0.3, 0.4) is 0 Å². The smallest absolute Gasteiger partial charge is 0.330 e. The number of hydrogen-bond donors (Lipinski definition) is 0. The third-order valence-corrected chi connectivity index (χ3v) is 2.96. The highest BCUT2D eigenvalue weighted by atomic mass is 16.6. The number of benzene rings is 1. The molecule has 4 heteroatoms. The third-order valence-electron chi connectivity index (χ3n) is 2.96. The van der Waals surface area contributed by atoms with Crippen molar-refractivity contribution in [1.29, 1.82) is 0 Å². The molecule has 0 radical (unpaired) electrons. The Kier molecular flexibility index (Phi) is 8.84. The molecule has 0 aliphatic rings. The minimum Gasteiger partial charge on any atom is -0.460 e. The number of ketones is 1. The van der Waals surface area contributed by atoms with Crippen LogP contribution >= 0.6 is 0 Å². The molecule has 0 N–H and O–H groups in total. The summed E-state index contributed by atoms with van der Waals surface area (Å²) in [5, 5.41) is 0. The summed E-state index contributed by atoms with van der Waals surface area (Å²) in [5.74, 6) is -0.250. The largest absolute Gasteiger partial charge is 0.460 e. The number of unbranched alkanes of at least 4 members (excludes halogenated alkanes) is 1. The van der Waals surface area contributed by atoms with Gasteiger partial charge in [0.25, 0.3) is 0 Å². The predicted octanol–water partition coefficient (Wildman–Crippen LogP) is 3.19. The zero-order chi connectivity index (χ0) is 16.2. The van der Waals surface area contributed by atoms with Crippen molar-refractivity contribution in [3.8, 4) is 0 Å². The van der Waals surface area contributed by atoms with Crippen molar-refractivity contribution in [3.05, 3.63) is 41.5 Å². The summed E-state index contributed by atoms with van der Waals surface area (Å²) in [6, 6.07) is 7.51. The Morgan fingerprint density at radius 1 is 1.09 bits per heavy atom. The van der Waals surface area contributed by atoms with Gasteiger partial charge in [-0.05, 0) is 30.5 Å². The van der Waals surface area contributed by atoms with E-state index in [-0.39, 0.29) is 18.4 Å². The normalized spacial score (nSPS) is 10.8. The predicted molar refractivity (Wildman–Crippen MR) is 86.5 cm³/mol. The maximum absolute atomic E-state index is 11.5. The molecule has 0 spiro atoms. The van der Waals surface area contributed by atoms with Crippen molar-refractivity contribution in [1.82, 2.24) is 0 Å². The van der Waals surface area contributed by atoms with Crippen LogP contribution in [0.5, 0.6) is 0 Å². The lowest BCUT2D eigenvalue weighted by Crippen LogP contribution is -2.09. The van der Waals surface area contributed by atoms with Gasteiger partial charge in [-0.2, -0.15) is 0 Å². The van der Waals surface area contributed by atoms with E-state index < -0.39 is 0 Å². The zero-order valence-corrected chi connectivity index (χ0v) is 13.3. The van der Waals surface area contributed by atoms with E-state index >= 15 is 0 Å². The van der Waals surface area contributed by atoms with Crippen LogP contribution in [-0.4, -0.2) is 31.6 Å². The second-order valence-electron chi connectivity index (χ2n) is 5.09. The lowest BCUT2D eigenvalue weighted by molar-refractivity contribution is -0.139. The molecule has 1 rings (SSSR count). The topological polar surface area (TPSA) is 52.6 Å². The van der Waals surface area contributed by atoms with Crippen molar-refractivity contribution in [3.63, 3.8) is 0 Å². The standard InChI is InChI=1S/C18H24O4/c1-3-4-11-21-12-13-22-18(20)10-9-16-5-7-17(8-6-16)14-15(2)19/h5-10H,3-4,11-14H2,1-2H3/b10-9+. The molecule has 4 nitrogen and oxygen atoms in total. The molecule has 0 saturated heterocycles. The Hall–Kier alpha value is -1.94. The van der Waals surface area contributed by atoms with Crippen LogP contribution in [0.1, 0.15) is 37.8 Å². The quantitative estimate of drug-likeness (QED) is 0.378. The highest BCUT2D eigenvalue weighted by Gasteiger charge is 1.99. The molecule has 0 unspecified atom stereocenters. The summed E-state index contributed by atoms with van der Waals surface area (Å²) < 4.78 is 10.3. The first-order valence-electron chi connectivity index (χ1n) is 7.62. The molecule has 120 valence electrons. The number of Topliss-reactive ketones (excluding diaryl/α,β-unsaturated/α-hetero) is 1. The van der Waals surface area contributed by atoms with Crippen molar-refractivity contribution < 1.29 is 19.1 Å². The number of esters is 1. The maximum atomic E-state index is 11.5. The molecule has 0 aliphatic heterocycles. The van der Waals surface area contributed by atoms with Crippen molar-refractivity contribution >= 4 is 17.8 Å². The molecule has 0 aromatic heterocycles. The van der Waals surface area contributed by atoms with Gasteiger partial charge in [0, 0.05) is 19.1 Å². The Labute approximate surface area is 132 Å². The summed E-state index contributed by atoms with van der Waals surface area (Å²) in [5.41, 5.74) is 1.86. The van der Waals surface area contributed by atoms with Crippen LogP contribution in [0, 0.1) is 0 Å². The maximum Gasteiger partial charge on any atom is 0.330 e. The molecule has 0 bridgehead atoms. The van der Waals surface area contributed by atoms with Gasteiger partial charge in [0.2, 0.25) is 0 Å². The minimum atomic E-state index is -0.382. The van der Waals surface area contributed by atoms with Gasteiger partial charge in [-0.25, -0.2) is 4.79 Å². The second kappa shape index (κ2) is 10.7. The fourth-order valence-corrected chi connectivity index (χ4v) is 1.80. The monoisotopic (exact) mass is 304 g/mol. The van der Waals surface area contributed by atoms with Crippen molar-refractivity contribution in [2.75, 3.05) is 19.8 Å². The third kappa shape index (κ3) is 8.37. The van der Waals surface area contributed by atoms with Gasteiger partial charge in [-0.1, -0.05) is 37.6 Å². The molecule has 1 aromatic rings. The Morgan fingerprint density at radius 2 is 1.82 bits per heavy atom. The van der Waals surface area contributed by atoms with Gasteiger partial charge in [0.05, 0.1) is 6.61 Å². The molecule has 0 saturated carbocycles. The first kappa shape index (κ1) is 18.1. The average molecular weight is 304 g/mol. The van der Waals surface area contributed by atoms with Crippen molar-refractivity contribution in [2.24, 2.45) is 0 Å². The van der Waals surface area contributed by atoms with Crippen LogP contribution in [0.4, 0.5) is 0 Å². The molecular weight excluding hydrogens is 280 g/mol.